The van der Waals surface area contributed by atoms with Gasteiger partial charge < -0.3 is 4.74 Å². The number of ether oxygens (including phenoxy) is 1. The molecule has 1 atom stereocenters. The predicted molar refractivity (Wildman–Crippen MR) is 50.3 cm³/mol. The first-order valence-corrected chi connectivity index (χ1v) is 4.37. The number of nitrogens with zero attached hydrogens (tertiary/aromatic N) is 1. The monoisotopic (exact) mass is 225 g/mol. The summed E-state index contributed by atoms with van der Waals surface area (Å²) in [7, 11) is 1.62. The maximum Gasteiger partial charge on any atom is 0.126 e. The van der Waals surface area contributed by atoms with E-state index in [1.807, 2.05) is 24.3 Å². The Labute approximate surface area is 79.9 Å². The van der Waals surface area contributed by atoms with Gasteiger partial charge in [0.2, 0.25) is 0 Å². The topological polar surface area (TPSA) is 33.0 Å². The molecular weight excluding hydrogens is 218 g/mol. The summed E-state index contributed by atoms with van der Waals surface area (Å²) in [5.74, 6) is 0.802. The third-order valence-corrected chi connectivity index (χ3v) is 2.26. The number of benzene rings is 1. The minimum atomic E-state index is -0.233. The molecule has 0 radical (unpaired) electrons. The van der Waals surface area contributed by atoms with Crippen molar-refractivity contribution in [1.82, 2.24) is 0 Å². The van der Waals surface area contributed by atoms with E-state index in [4.69, 9.17) is 10.00 Å². The molecule has 0 aromatic heterocycles. The van der Waals surface area contributed by atoms with Crippen LogP contribution in [0.15, 0.2) is 24.3 Å². The average Bonchev–Trinajstić information content (AvgIpc) is 2.17. The summed E-state index contributed by atoms with van der Waals surface area (Å²) in [6.07, 6.45) is 0. The van der Waals surface area contributed by atoms with Gasteiger partial charge in [-0.1, -0.05) is 28.1 Å². The largest absolute Gasteiger partial charge is 0.497 e. The van der Waals surface area contributed by atoms with Crippen molar-refractivity contribution < 1.29 is 4.74 Å². The van der Waals surface area contributed by atoms with Gasteiger partial charge in [-0.15, -0.1) is 0 Å². The molecule has 0 bridgehead atoms. The fourth-order valence-electron chi connectivity index (χ4n) is 0.847. The first-order chi connectivity index (χ1) is 5.77. The number of methoxy groups -OCH3 is 1. The van der Waals surface area contributed by atoms with E-state index in [1.54, 1.807) is 7.11 Å². The Morgan fingerprint density at radius 1 is 1.42 bits per heavy atom. The van der Waals surface area contributed by atoms with E-state index in [2.05, 4.69) is 22.0 Å². The van der Waals surface area contributed by atoms with E-state index in [1.165, 1.54) is 0 Å². The van der Waals surface area contributed by atoms with Gasteiger partial charge in [0.1, 0.15) is 10.6 Å². The van der Waals surface area contributed by atoms with Crippen LogP contribution < -0.4 is 4.74 Å². The summed E-state index contributed by atoms with van der Waals surface area (Å²) < 4.78 is 4.98. The summed E-state index contributed by atoms with van der Waals surface area (Å²) in [5, 5.41) is 8.59. The lowest BCUT2D eigenvalue weighted by atomic mass is 10.2. The highest BCUT2D eigenvalue weighted by Gasteiger charge is 2.04. The summed E-state index contributed by atoms with van der Waals surface area (Å²) in [5.41, 5.74) is 0.943. The molecule has 0 N–H and O–H groups in total. The van der Waals surface area contributed by atoms with Crippen molar-refractivity contribution in [3.05, 3.63) is 29.8 Å². The molecule has 0 fully saturated rings. The Morgan fingerprint density at radius 3 is 2.42 bits per heavy atom. The highest BCUT2D eigenvalue weighted by molar-refractivity contribution is 9.09. The van der Waals surface area contributed by atoms with Gasteiger partial charge in [0, 0.05) is 0 Å². The number of halogens is 1. The molecule has 12 heavy (non-hydrogen) atoms. The second-order valence-electron chi connectivity index (χ2n) is 2.26. The third kappa shape index (κ3) is 1.99. The minimum absolute atomic E-state index is 0.233. The first-order valence-electron chi connectivity index (χ1n) is 3.45. The molecule has 0 spiro atoms. The SMILES string of the molecule is COc1ccc(C(Br)C#N)cc1. The lowest BCUT2D eigenvalue weighted by Gasteiger charge is -2.02. The summed E-state index contributed by atoms with van der Waals surface area (Å²) in [4.78, 5) is -0.233. The van der Waals surface area contributed by atoms with Crippen LogP contribution in [0.3, 0.4) is 0 Å². The minimum Gasteiger partial charge on any atom is -0.497 e. The van der Waals surface area contributed by atoms with Crippen LogP contribution in [0.25, 0.3) is 0 Å². The van der Waals surface area contributed by atoms with Crippen LogP contribution in [0.2, 0.25) is 0 Å². The van der Waals surface area contributed by atoms with Gasteiger partial charge in [0.15, 0.2) is 0 Å². The highest BCUT2D eigenvalue weighted by atomic mass is 79.9. The van der Waals surface area contributed by atoms with Gasteiger partial charge >= 0.3 is 0 Å². The van der Waals surface area contributed by atoms with E-state index < -0.39 is 0 Å². The molecule has 1 rings (SSSR count). The van der Waals surface area contributed by atoms with E-state index in [0.29, 0.717) is 0 Å². The first kappa shape index (κ1) is 9.08. The summed E-state index contributed by atoms with van der Waals surface area (Å²) in [6.45, 7) is 0. The molecular formula is C9H8BrNO. The zero-order valence-electron chi connectivity index (χ0n) is 6.62. The number of alkyl halides is 1. The second kappa shape index (κ2) is 4.13. The van der Waals surface area contributed by atoms with E-state index in [9.17, 15) is 0 Å². The van der Waals surface area contributed by atoms with Crippen molar-refractivity contribution in [2.45, 2.75) is 4.83 Å². The Hall–Kier alpha value is -1.01. The molecule has 3 heteroatoms. The molecule has 1 aromatic rings. The van der Waals surface area contributed by atoms with Crippen molar-refractivity contribution in [3.8, 4) is 11.8 Å². The highest BCUT2D eigenvalue weighted by Crippen LogP contribution is 2.23. The normalized spacial score (nSPS) is 11.8. The quantitative estimate of drug-likeness (QED) is 0.726. The molecule has 0 saturated heterocycles. The van der Waals surface area contributed by atoms with Crippen LogP contribution in [0.1, 0.15) is 10.4 Å². The molecule has 0 aliphatic carbocycles. The number of nitriles is 1. The van der Waals surface area contributed by atoms with E-state index in [-0.39, 0.29) is 4.83 Å². The van der Waals surface area contributed by atoms with Crippen molar-refractivity contribution in [2.24, 2.45) is 0 Å². The molecule has 0 saturated carbocycles. The molecule has 1 unspecified atom stereocenters. The fraction of sp³-hybridized carbons (Fsp3) is 0.222. The van der Waals surface area contributed by atoms with Crippen molar-refractivity contribution in [2.75, 3.05) is 7.11 Å². The van der Waals surface area contributed by atoms with Crippen LogP contribution in [-0.2, 0) is 0 Å². The summed E-state index contributed by atoms with van der Waals surface area (Å²) in [6, 6.07) is 9.49. The molecule has 1 aromatic carbocycles. The number of hydrogen-bond acceptors (Lipinski definition) is 2. The Balaban J connectivity index is 2.86. The summed E-state index contributed by atoms with van der Waals surface area (Å²) >= 11 is 3.23. The Kier molecular flexibility index (Phi) is 3.12. The molecule has 0 heterocycles. The third-order valence-electron chi connectivity index (χ3n) is 1.52. The van der Waals surface area contributed by atoms with Crippen LogP contribution >= 0.6 is 15.9 Å². The smallest absolute Gasteiger partial charge is 0.126 e. The lowest BCUT2D eigenvalue weighted by molar-refractivity contribution is 0.414. The zero-order chi connectivity index (χ0) is 8.97. The Morgan fingerprint density at radius 2 is 2.00 bits per heavy atom. The van der Waals surface area contributed by atoms with Crippen molar-refractivity contribution >= 4 is 15.9 Å². The molecule has 2 nitrogen and oxygen atoms in total. The second-order valence-corrected chi connectivity index (χ2v) is 3.18. The fourth-order valence-corrected chi connectivity index (χ4v) is 1.15. The predicted octanol–water partition coefficient (Wildman–Crippen LogP) is 2.65. The van der Waals surface area contributed by atoms with Gasteiger partial charge in [-0.05, 0) is 17.7 Å². The Bertz CT molecular complexity index is 288. The molecule has 0 amide bonds. The van der Waals surface area contributed by atoms with Gasteiger partial charge in [0.25, 0.3) is 0 Å². The van der Waals surface area contributed by atoms with Gasteiger partial charge in [-0.3, -0.25) is 0 Å². The van der Waals surface area contributed by atoms with Crippen LogP contribution in [0.5, 0.6) is 5.75 Å². The van der Waals surface area contributed by atoms with Crippen molar-refractivity contribution in [3.63, 3.8) is 0 Å². The van der Waals surface area contributed by atoms with E-state index >= 15 is 0 Å². The number of rotatable bonds is 2. The maximum atomic E-state index is 8.59. The van der Waals surface area contributed by atoms with Crippen LogP contribution in [0.4, 0.5) is 0 Å². The van der Waals surface area contributed by atoms with Crippen LogP contribution in [-0.4, -0.2) is 7.11 Å². The van der Waals surface area contributed by atoms with E-state index in [0.717, 1.165) is 11.3 Å². The molecule has 0 aliphatic rings. The molecule has 0 aliphatic heterocycles. The molecule has 62 valence electrons. The zero-order valence-corrected chi connectivity index (χ0v) is 8.21. The maximum absolute atomic E-state index is 8.59. The van der Waals surface area contributed by atoms with Gasteiger partial charge in [-0.25, -0.2) is 0 Å². The average molecular weight is 226 g/mol. The number of hydrogen-bond donors (Lipinski definition) is 0. The van der Waals surface area contributed by atoms with Gasteiger partial charge in [0.05, 0.1) is 13.2 Å². The standard InChI is InChI=1S/C9H8BrNO/c1-12-8-4-2-7(3-5-8)9(10)6-11/h2-5,9H,1H3. The van der Waals surface area contributed by atoms with Crippen LogP contribution in [0, 0.1) is 11.3 Å². The van der Waals surface area contributed by atoms with Crippen molar-refractivity contribution in [1.29, 1.82) is 5.26 Å². The lowest BCUT2D eigenvalue weighted by Crippen LogP contribution is -1.86. The van der Waals surface area contributed by atoms with Gasteiger partial charge in [-0.2, -0.15) is 5.26 Å².